The molecule has 3 rings (SSSR count). The molecule has 0 bridgehead atoms. The van der Waals surface area contributed by atoms with Crippen LogP contribution in [0.1, 0.15) is 62.1 Å². The van der Waals surface area contributed by atoms with Crippen molar-refractivity contribution in [3.63, 3.8) is 0 Å². The van der Waals surface area contributed by atoms with E-state index in [1.807, 2.05) is 0 Å². The number of hydrogen-bond donors (Lipinski definition) is 1. The Morgan fingerprint density at radius 1 is 1.17 bits per heavy atom. The minimum absolute atomic E-state index is 0.132. The van der Waals surface area contributed by atoms with Gasteiger partial charge >= 0.3 is 5.97 Å². The second kappa shape index (κ2) is 9.81. The molecule has 1 aromatic carbocycles. The van der Waals surface area contributed by atoms with E-state index in [1.54, 1.807) is 24.8 Å². The molecule has 30 heavy (non-hydrogen) atoms. The number of nitrogens with one attached hydrogen (secondary N) is 1. The van der Waals surface area contributed by atoms with Crippen molar-refractivity contribution >= 4 is 57.3 Å². The molecule has 1 aliphatic heterocycles. The Labute approximate surface area is 189 Å². The van der Waals surface area contributed by atoms with Crippen molar-refractivity contribution in [1.29, 1.82) is 0 Å². The normalized spacial score (nSPS) is 13.8. The Kier molecular flexibility index (Phi) is 7.39. The first kappa shape index (κ1) is 22.6. The van der Waals surface area contributed by atoms with Crippen molar-refractivity contribution in [2.24, 2.45) is 0 Å². The molecule has 1 fully saturated rings. The highest BCUT2D eigenvalue weighted by atomic mass is 35.5. The number of amides is 2. The van der Waals surface area contributed by atoms with Gasteiger partial charge in [-0.15, -0.1) is 11.3 Å². The molecule has 2 aromatic rings. The predicted octanol–water partition coefficient (Wildman–Crippen LogP) is 5.42. The SMILES string of the molecule is CCOC(=O)c1c(NC(=O)c2ccc(Cl)cc2Cl)sc(C(=O)N2CCCCC2)c1C. The van der Waals surface area contributed by atoms with Crippen LogP contribution >= 0.6 is 34.5 Å². The van der Waals surface area contributed by atoms with Crippen molar-refractivity contribution in [1.82, 2.24) is 4.90 Å². The Morgan fingerprint density at radius 2 is 1.87 bits per heavy atom. The predicted molar refractivity (Wildman–Crippen MR) is 119 cm³/mol. The summed E-state index contributed by atoms with van der Waals surface area (Å²) >= 11 is 13.1. The Bertz CT molecular complexity index is 984. The van der Waals surface area contributed by atoms with Crippen LogP contribution in [-0.4, -0.2) is 42.4 Å². The smallest absolute Gasteiger partial charge is 0.341 e. The fourth-order valence-electron chi connectivity index (χ4n) is 3.34. The fourth-order valence-corrected chi connectivity index (χ4v) is 4.99. The molecule has 0 saturated carbocycles. The van der Waals surface area contributed by atoms with Crippen molar-refractivity contribution in [3.05, 3.63) is 49.8 Å². The first-order valence-electron chi connectivity index (χ1n) is 9.69. The summed E-state index contributed by atoms with van der Waals surface area (Å²) in [6.45, 7) is 4.95. The van der Waals surface area contributed by atoms with Crippen LogP contribution in [0.4, 0.5) is 5.00 Å². The van der Waals surface area contributed by atoms with E-state index in [4.69, 9.17) is 27.9 Å². The number of carbonyl (C=O) groups excluding carboxylic acids is 3. The molecule has 0 spiro atoms. The summed E-state index contributed by atoms with van der Waals surface area (Å²) in [7, 11) is 0. The molecule has 9 heteroatoms. The average molecular weight is 469 g/mol. The highest BCUT2D eigenvalue weighted by molar-refractivity contribution is 7.18. The van der Waals surface area contributed by atoms with Gasteiger partial charge in [-0.2, -0.15) is 0 Å². The van der Waals surface area contributed by atoms with Crippen molar-refractivity contribution in [2.45, 2.75) is 33.1 Å². The molecule has 1 N–H and O–H groups in total. The van der Waals surface area contributed by atoms with E-state index in [9.17, 15) is 14.4 Å². The van der Waals surface area contributed by atoms with Gasteiger partial charge in [0.25, 0.3) is 11.8 Å². The quantitative estimate of drug-likeness (QED) is 0.594. The summed E-state index contributed by atoms with van der Waals surface area (Å²) in [5.74, 6) is -1.21. The summed E-state index contributed by atoms with van der Waals surface area (Å²) in [4.78, 5) is 40.7. The van der Waals surface area contributed by atoms with Crippen LogP contribution in [-0.2, 0) is 4.74 Å². The minimum atomic E-state index is -0.582. The van der Waals surface area contributed by atoms with Gasteiger partial charge in [0.2, 0.25) is 0 Å². The topological polar surface area (TPSA) is 75.7 Å². The molecule has 2 heterocycles. The van der Waals surface area contributed by atoms with Crippen LogP contribution in [0.25, 0.3) is 0 Å². The Hall–Kier alpha value is -2.09. The van der Waals surface area contributed by atoms with Gasteiger partial charge in [-0.3, -0.25) is 9.59 Å². The summed E-state index contributed by atoms with van der Waals surface area (Å²) in [6.07, 6.45) is 3.02. The number of ether oxygens (including phenoxy) is 1. The summed E-state index contributed by atoms with van der Waals surface area (Å²) in [5.41, 5.74) is 0.915. The molecule has 0 radical (unpaired) electrons. The van der Waals surface area contributed by atoms with Gasteiger partial charge in [0.05, 0.1) is 27.6 Å². The average Bonchev–Trinajstić information content (AvgIpc) is 3.04. The lowest BCUT2D eigenvalue weighted by molar-refractivity contribution is 0.0527. The van der Waals surface area contributed by atoms with E-state index < -0.39 is 11.9 Å². The zero-order valence-electron chi connectivity index (χ0n) is 16.7. The Balaban J connectivity index is 1.96. The molecule has 0 unspecified atom stereocenters. The number of hydrogen-bond acceptors (Lipinski definition) is 5. The number of rotatable bonds is 5. The van der Waals surface area contributed by atoms with Crippen molar-refractivity contribution in [3.8, 4) is 0 Å². The van der Waals surface area contributed by atoms with E-state index in [0.717, 1.165) is 30.6 Å². The lowest BCUT2D eigenvalue weighted by atomic mass is 10.1. The minimum Gasteiger partial charge on any atom is -0.462 e. The van der Waals surface area contributed by atoms with Gasteiger partial charge in [0, 0.05) is 18.1 Å². The first-order chi connectivity index (χ1) is 14.3. The largest absolute Gasteiger partial charge is 0.462 e. The molecule has 2 amide bonds. The molecule has 6 nitrogen and oxygen atoms in total. The number of carbonyl (C=O) groups is 3. The molecule has 1 aliphatic rings. The molecule has 1 saturated heterocycles. The third-order valence-electron chi connectivity index (χ3n) is 4.87. The third kappa shape index (κ3) is 4.79. The van der Waals surface area contributed by atoms with Crippen LogP contribution in [0.5, 0.6) is 0 Å². The third-order valence-corrected chi connectivity index (χ3v) is 6.61. The number of nitrogens with zero attached hydrogens (tertiary/aromatic N) is 1. The van der Waals surface area contributed by atoms with Crippen LogP contribution in [0.2, 0.25) is 10.0 Å². The molecule has 160 valence electrons. The van der Waals surface area contributed by atoms with Gasteiger partial charge in [-0.05, 0) is 56.9 Å². The maximum atomic E-state index is 13.0. The number of benzene rings is 1. The standard InChI is InChI=1S/C21H22Cl2N2O4S/c1-3-29-21(28)16-12(2)17(20(27)25-9-5-4-6-10-25)30-19(16)24-18(26)14-8-7-13(22)11-15(14)23/h7-8,11H,3-6,9-10H2,1-2H3,(H,24,26). The van der Waals surface area contributed by atoms with Crippen LogP contribution in [0.3, 0.4) is 0 Å². The lowest BCUT2D eigenvalue weighted by Crippen LogP contribution is -2.35. The van der Waals surface area contributed by atoms with Crippen molar-refractivity contribution in [2.75, 3.05) is 25.0 Å². The second-order valence-corrected chi connectivity index (χ2v) is 8.78. The van der Waals surface area contributed by atoms with Gasteiger partial charge in [-0.1, -0.05) is 23.2 Å². The van der Waals surface area contributed by atoms with Gasteiger partial charge in [-0.25, -0.2) is 4.79 Å². The van der Waals surface area contributed by atoms with Crippen LogP contribution in [0, 0.1) is 6.92 Å². The number of halogens is 2. The number of thiophene rings is 1. The first-order valence-corrected chi connectivity index (χ1v) is 11.3. The number of piperidine rings is 1. The van der Waals surface area contributed by atoms with Crippen LogP contribution in [0.15, 0.2) is 18.2 Å². The monoisotopic (exact) mass is 468 g/mol. The summed E-state index contributed by atoms with van der Waals surface area (Å²) in [5, 5.41) is 3.59. The number of likely N-dealkylation sites (tertiary alicyclic amines) is 1. The lowest BCUT2D eigenvalue weighted by Gasteiger charge is -2.26. The van der Waals surface area contributed by atoms with E-state index in [0.29, 0.717) is 28.6 Å². The summed E-state index contributed by atoms with van der Waals surface area (Å²) in [6, 6.07) is 4.53. The van der Waals surface area contributed by atoms with Gasteiger partial charge < -0.3 is 15.0 Å². The highest BCUT2D eigenvalue weighted by Gasteiger charge is 2.29. The van der Waals surface area contributed by atoms with Crippen molar-refractivity contribution < 1.29 is 19.1 Å². The molecule has 1 aromatic heterocycles. The second-order valence-electron chi connectivity index (χ2n) is 6.91. The van der Waals surface area contributed by atoms with E-state index >= 15 is 0 Å². The van der Waals surface area contributed by atoms with E-state index in [-0.39, 0.29) is 33.7 Å². The molecule has 0 aliphatic carbocycles. The zero-order chi connectivity index (χ0) is 21.8. The molecule has 0 atom stereocenters. The van der Waals surface area contributed by atoms with E-state index in [1.165, 1.54) is 12.1 Å². The molecular weight excluding hydrogens is 447 g/mol. The fraction of sp³-hybridized carbons (Fsp3) is 0.381. The van der Waals surface area contributed by atoms with Gasteiger partial charge in [0.15, 0.2) is 0 Å². The van der Waals surface area contributed by atoms with Crippen LogP contribution < -0.4 is 5.32 Å². The summed E-state index contributed by atoms with van der Waals surface area (Å²) < 4.78 is 5.16. The van der Waals surface area contributed by atoms with E-state index in [2.05, 4.69) is 5.32 Å². The Morgan fingerprint density at radius 3 is 2.50 bits per heavy atom. The maximum Gasteiger partial charge on any atom is 0.341 e. The van der Waals surface area contributed by atoms with Gasteiger partial charge in [0.1, 0.15) is 5.00 Å². The number of anilines is 1. The highest BCUT2D eigenvalue weighted by Crippen LogP contribution is 2.36. The molecular formula is C21H22Cl2N2O4S. The zero-order valence-corrected chi connectivity index (χ0v) is 19.0. The maximum absolute atomic E-state index is 13.0. The number of esters is 1.